The van der Waals surface area contributed by atoms with Crippen LogP contribution in [0.1, 0.15) is 55.9 Å². The predicted octanol–water partition coefficient (Wildman–Crippen LogP) is 4.43. The van der Waals surface area contributed by atoms with Gasteiger partial charge in [-0.25, -0.2) is 13.1 Å². The van der Waals surface area contributed by atoms with Crippen LogP contribution in [-0.2, 0) is 14.8 Å². The summed E-state index contributed by atoms with van der Waals surface area (Å²) in [6, 6.07) is 17.7. The molecule has 0 radical (unpaired) electrons. The van der Waals surface area contributed by atoms with Crippen LogP contribution in [0.2, 0.25) is 0 Å². The summed E-state index contributed by atoms with van der Waals surface area (Å²) in [6.45, 7) is 6.28. The summed E-state index contributed by atoms with van der Waals surface area (Å²) in [4.78, 5) is 13.4. The largest absolute Gasteiger partial charge is 0.320 e. The van der Waals surface area contributed by atoms with Gasteiger partial charge in [0.1, 0.15) is 0 Å². The van der Waals surface area contributed by atoms with Crippen molar-refractivity contribution >= 4 is 28.0 Å². The van der Waals surface area contributed by atoms with Gasteiger partial charge in [0.2, 0.25) is 10.0 Å². The molecule has 0 aliphatic heterocycles. The zero-order chi connectivity index (χ0) is 27.0. The minimum absolute atomic E-state index is 0.0477. The Hall–Kier alpha value is -3.56. The highest BCUT2D eigenvalue weighted by molar-refractivity contribution is 7.89. The van der Waals surface area contributed by atoms with Gasteiger partial charge >= 0.3 is 0 Å². The number of Topliss-reactive ketones (excluding diaryl/α,β-unsaturated/α-hetero) is 1. The highest BCUT2D eigenvalue weighted by Gasteiger charge is 2.18. The third-order valence-corrected chi connectivity index (χ3v) is 6.46. The molecule has 0 atom stereocenters. The molecule has 0 heterocycles. The molecule has 36 heavy (non-hydrogen) atoms. The van der Waals surface area contributed by atoms with Crippen molar-refractivity contribution in [2.24, 2.45) is 0 Å². The standard InChI is InChI=1S/C26H28N4O3S.C2H6/c1-3-24(15-20-5-9-22(17-27)10-6-20)26(31)25(16-21-7-11-23(18-28)12-8-21)19-30-34(32,33)14-4-13-29-2;1-2/h5-12,15-16,29-30H,3-4,13-14,19H2,1-2H3;1-2H3/b24-15+,25-16+;. The van der Waals surface area contributed by atoms with E-state index >= 15 is 0 Å². The topological polar surface area (TPSA) is 123 Å². The number of allylic oxidation sites excluding steroid dienone is 1. The predicted molar refractivity (Wildman–Crippen MR) is 145 cm³/mol. The molecule has 0 spiro atoms. The summed E-state index contributed by atoms with van der Waals surface area (Å²) in [6.07, 6.45) is 4.28. The van der Waals surface area contributed by atoms with Crippen LogP contribution in [-0.4, -0.2) is 40.1 Å². The lowest BCUT2D eigenvalue weighted by Gasteiger charge is -2.12. The zero-order valence-electron chi connectivity index (χ0n) is 21.3. The molecule has 7 nitrogen and oxygen atoms in total. The second-order valence-corrected chi connectivity index (χ2v) is 9.51. The number of carbonyl (C=O) groups is 1. The first-order valence-corrected chi connectivity index (χ1v) is 13.5. The lowest BCUT2D eigenvalue weighted by molar-refractivity contribution is -0.112. The summed E-state index contributed by atoms with van der Waals surface area (Å²) in [7, 11) is -1.81. The van der Waals surface area contributed by atoms with Crippen molar-refractivity contribution in [3.8, 4) is 12.1 Å². The molecule has 0 aliphatic rings. The van der Waals surface area contributed by atoms with Crippen molar-refractivity contribution in [1.82, 2.24) is 10.0 Å². The van der Waals surface area contributed by atoms with Crippen molar-refractivity contribution in [2.45, 2.75) is 33.6 Å². The first-order valence-electron chi connectivity index (χ1n) is 11.9. The lowest BCUT2D eigenvalue weighted by atomic mass is 9.97. The van der Waals surface area contributed by atoms with E-state index in [2.05, 4.69) is 16.1 Å². The monoisotopic (exact) mass is 506 g/mol. The van der Waals surface area contributed by atoms with Crippen molar-refractivity contribution in [3.05, 3.63) is 81.9 Å². The summed E-state index contributed by atoms with van der Waals surface area (Å²) < 4.78 is 27.3. The van der Waals surface area contributed by atoms with E-state index in [4.69, 9.17) is 10.5 Å². The van der Waals surface area contributed by atoms with E-state index in [1.807, 2.05) is 26.8 Å². The Bertz CT molecular complexity index is 1230. The number of nitrogens with zero attached hydrogens (tertiary/aromatic N) is 2. The minimum atomic E-state index is -3.56. The van der Waals surface area contributed by atoms with Crippen LogP contribution in [0.4, 0.5) is 0 Å². The number of carbonyl (C=O) groups excluding carboxylic acids is 1. The van der Waals surface area contributed by atoms with E-state index < -0.39 is 10.0 Å². The molecule has 0 fully saturated rings. The molecule has 0 saturated heterocycles. The molecule has 0 aliphatic carbocycles. The van der Waals surface area contributed by atoms with Gasteiger partial charge in [0.05, 0.1) is 29.0 Å². The molecular formula is C28H34N4O3S. The third-order valence-electron chi connectivity index (χ3n) is 5.05. The van der Waals surface area contributed by atoms with Gasteiger partial charge in [0.25, 0.3) is 0 Å². The Kier molecular flexibility index (Phi) is 13.7. The maximum atomic E-state index is 13.4. The van der Waals surface area contributed by atoms with Crippen molar-refractivity contribution in [2.75, 3.05) is 25.9 Å². The number of hydrogen-bond acceptors (Lipinski definition) is 6. The number of sulfonamides is 1. The van der Waals surface area contributed by atoms with Gasteiger partial charge in [-0.15, -0.1) is 0 Å². The molecule has 2 aromatic rings. The normalized spacial score (nSPS) is 11.6. The van der Waals surface area contributed by atoms with E-state index in [1.165, 1.54) is 0 Å². The smallest absolute Gasteiger partial charge is 0.211 e. The van der Waals surface area contributed by atoms with Crippen molar-refractivity contribution in [1.29, 1.82) is 10.5 Å². The first kappa shape index (κ1) is 30.5. The molecule has 0 aromatic heterocycles. The van der Waals surface area contributed by atoms with Gasteiger partial charge in [-0.3, -0.25) is 4.79 Å². The van der Waals surface area contributed by atoms with Crippen molar-refractivity contribution in [3.63, 3.8) is 0 Å². The Balaban J connectivity index is 0.00000316. The van der Waals surface area contributed by atoms with E-state index in [1.54, 1.807) is 67.7 Å². The fourth-order valence-electron chi connectivity index (χ4n) is 3.14. The zero-order valence-corrected chi connectivity index (χ0v) is 22.2. The number of rotatable bonds is 12. The number of benzene rings is 2. The summed E-state index contributed by atoms with van der Waals surface area (Å²) in [5.41, 5.74) is 3.28. The van der Waals surface area contributed by atoms with E-state index in [-0.39, 0.29) is 18.1 Å². The second kappa shape index (κ2) is 16.2. The maximum absolute atomic E-state index is 13.4. The van der Waals surface area contributed by atoms with E-state index in [9.17, 15) is 13.2 Å². The van der Waals surface area contributed by atoms with Gasteiger partial charge in [-0.2, -0.15) is 10.5 Å². The lowest BCUT2D eigenvalue weighted by Crippen LogP contribution is -2.31. The van der Waals surface area contributed by atoms with Crippen LogP contribution in [0.5, 0.6) is 0 Å². The molecule has 2 rings (SSSR count). The highest BCUT2D eigenvalue weighted by Crippen LogP contribution is 2.18. The van der Waals surface area contributed by atoms with Crippen LogP contribution < -0.4 is 10.0 Å². The maximum Gasteiger partial charge on any atom is 0.211 e. The number of ketones is 1. The first-order chi connectivity index (χ1) is 17.3. The number of hydrogen-bond donors (Lipinski definition) is 2. The van der Waals surface area contributed by atoms with Crippen LogP contribution in [0.25, 0.3) is 12.2 Å². The Morgan fingerprint density at radius 1 is 0.889 bits per heavy atom. The fourth-order valence-corrected chi connectivity index (χ4v) is 4.18. The van der Waals surface area contributed by atoms with Gasteiger partial charge in [0.15, 0.2) is 5.78 Å². The fraction of sp³-hybridized carbons (Fsp3) is 0.321. The molecule has 2 N–H and O–H groups in total. The summed E-state index contributed by atoms with van der Waals surface area (Å²) in [5.74, 6) is -0.317. The molecular weight excluding hydrogens is 472 g/mol. The second-order valence-electron chi connectivity index (χ2n) is 7.59. The van der Waals surface area contributed by atoms with Crippen molar-refractivity contribution < 1.29 is 13.2 Å². The average Bonchev–Trinajstić information content (AvgIpc) is 2.91. The molecule has 2 aromatic carbocycles. The minimum Gasteiger partial charge on any atom is -0.320 e. The Morgan fingerprint density at radius 3 is 1.78 bits per heavy atom. The van der Waals surface area contributed by atoms with E-state index in [0.717, 1.165) is 5.56 Å². The SMILES string of the molecule is CC.CC/C(=C\c1ccc(C#N)cc1)C(=O)/C(=C/c1ccc(C#N)cc1)CNS(=O)(=O)CCCNC. The third kappa shape index (κ3) is 10.4. The van der Waals surface area contributed by atoms with Gasteiger partial charge in [0, 0.05) is 17.7 Å². The molecule has 0 saturated carbocycles. The van der Waals surface area contributed by atoms with Gasteiger partial charge in [-0.05, 0) is 74.0 Å². The highest BCUT2D eigenvalue weighted by atomic mass is 32.2. The molecule has 190 valence electrons. The van der Waals surface area contributed by atoms with Crippen LogP contribution >= 0.6 is 0 Å². The summed E-state index contributed by atoms with van der Waals surface area (Å²) >= 11 is 0. The van der Waals surface area contributed by atoms with Gasteiger partial charge < -0.3 is 5.32 Å². The summed E-state index contributed by atoms with van der Waals surface area (Å²) in [5, 5.41) is 20.9. The van der Waals surface area contributed by atoms with E-state index in [0.29, 0.717) is 47.2 Å². The van der Waals surface area contributed by atoms with Crippen LogP contribution in [0, 0.1) is 22.7 Å². The molecule has 0 bridgehead atoms. The van der Waals surface area contributed by atoms with Crippen LogP contribution in [0.15, 0.2) is 59.7 Å². The number of nitrogens with one attached hydrogen (secondary N) is 2. The molecule has 0 unspecified atom stereocenters. The quantitative estimate of drug-likeness (QED) is 0.324. The van der Waals surface area contributed by atoms with Gasteiger partial charge in [-0.1, -0.05) is 45.0 Å². The average molecular weight is 507 g/mol. The molecule has 8 heteroatoms. The number of nitriles is 2. The Morgan fingerprint density at radius 2 is 1.36 bits per heavy atom. The molecule has 0 amide bonds. The Labute approximate surface area is 215 Å². The van der Waals surface area contributed by atoms with Crippen LogP contribution in [0.3, 0.4) is 0 Å².